The molecule has 6 rings (SSSR count). The first-order chi connectivity index (χ1) is 15.6. The maximum atomic E-state index is 11.7. The molecule has 2 heterocycles. The molecule has 0 saturated heterocycles. The van der Waals surface area contributed by atoms with Crippen molar-refractivity contribution in [1.82, 2.24) is 9.13 Å². The van der Waals surface area contributed by atoms with Crippen LogP contribution in [0.4, 0.5) is 17.1 Å². The monoisotopic (exact) mass is 420 g/mol. The lowest BCUT2D eigenvalue weighted by Crippen LogP contribution is -2.01. The molecule has 0 radical (unpaired) electrons. The highest BCUT2D eigenvalue weighted by Gasteiger charge is 2.22. The molecule has 0 aliphatic carbocycles. The van der Waals surface area contributed by atoms with Crippen LogP contribution in [0.5, 0.6) is 0 Å². The number of aryl methyl sites for hydroxylation is 2. The quantitative estimate of drug-likeness (QED) is 0.258. The van der Waals surface area contributed by atoms with Crippen molar-refractivity contribution in [3.8, 4) is 0 Å². The van der Waals surface area contributed by atoms with E-state index in [-0.39, 0.29) is 10.6 Å². The summed E-state index contributed by atoms with van der Waals surface area (Å²) in [5.41, 5.74) is 5.66. The third-order valence-corrected chi connectivity index (χ3v) is 6.41. The minimum atomic E-state index is -0.345. The van der Waals surface area contributed by atoms with E-state index in [9.17, 15) is 10.1 Å². The summed E-state index contributed by atoms with van der Waals surface area (Å²) in [6.45, 7) is 0. The van der Waals surface area contributed by atoms with E-state index in [2.05, 4.69) is 44.8 Å². The second-order valence-electron chi connectivity index (χ2n) is 8.10. The zero-order valence-electron chi connectivity index (χ0n) is 17.7. The summed E-state index contributed by atoms with van der Waals surface area (Å²) < 4.78 is 4.33. The maximum Gasteiger partial charge on any atom is 0.292 e. The lowest BCUT2D eigenvalue weighted by molar-refractivity contribution is -0.383. The van der Waals surface area contributed by atoms with Gasteiger partial charge < -0.3 is 14.5 Å². The van der Waals surface area contributed by atoms with Gasteiger partial charge in [-0.2, -0.15) is 0 Å². The third-order valence-electron chi connectivity index (χ3n) is 6.41. The lowest BCUT2D eigenvalue weighted by Gasteiger charge is -2.14. The molecule has 0 saturated carbocycles. The van der Waals surface area contributed by atoms with Crippen molar-refractivity contribution in [1.29, 1.82) is 0 Å². The van der Waals surface area contributed by atoms with Crippen LogP contribution in [-0.4, -0.2) is 14.1 Å². The second-order valence-corrected chi connectivity index (χ2v) is 8.10. The van der Waals surface area contributed by atoms with Crippen LogP contribution in [0, 0.1) is 10.1 Å². The van der Waals surface area contributed by atoms with E-state index in [1.54, 1.807) is 12.1 Å². The summed E-state index contributed by atoms with van der Waals surface area (Å²) in [7, 11) is 4.09. The number of para-hydroxylation sites is 4. The van der Waals surface area contributed by atoms with Crippen molar-refractivity contribution in [2.45, 2.75) is 0 Å². The van der Waals surface area contributed by atoms with Gasteiger partial charge in [0.2, 0.25) is 0 Å². The van der Waals surface area contributed by atoms with Gasteiger partial charge in [0.15, 0.2) is 0 Å². The largest absolute Gasteiger partial charge is 0.346 e. The minimum absolute atomic E-state index is 0.0511. The number of aromatic nitrogens is 2. The molecule has 6 aromatic rings. The minimum Gasteiger partial charge on any atom is -0.346 e. The molecule has 0 bridgehead atoms. The summed E-state index contributed by atoms with van der Waals surface area (Å²) in [4.78, 5) is 11.4. The molecule has 1 N–H and O–H groups in total. The summed E-state index contributed by atoms with van der Waals surface area (Å²) in [6.07, 6.45) is 0. The molecule has 0 unspecified atom stereocenters. The number of hydrogen-bond donors (Lipinski definition) is 1. The van der Waals surface area contributed by atoms with Crippen molar-refractivity contribution in [2.24, 2.45) is 14.1 Å². The summed E-state index contributed by atoms with van der Waals surface area (Å²) >= 11 is 0. The van der Waals surface area contributed by atoms with E-state index < -0.39 is 0 Å². The Balaban J connectivity index is 1.82. The molecule has 4 aromatic carbocycles. The fourth-order valence-electron chi connectivity index (χ4n) is 4.99. The van der Waals surface area contributed by atoms with Crippen LogP contribution in [0.25, 0.3) is 43.6 Å². The van der Waals surface area contributed by atoms with Gasteiger partial charge >= 0.3 is 0 Å². The van der Waals surface area contributed by atoms with Crippen LogP contribution in [0.3, 0.4) is 0 Å². The van der Waals surface area contributed by atoms with E-state index in [1.807, 2.05) is 44.4 Å². The van der Waals surface area contributed by atoms with Gasteiger partial charge in [-0.1, -0.05) is 48.5 Å². The molecular formula is C26H20N4O2. The van der Waals surface area contributed by atoms with Gasteiger partial charge in [-0.3, -0.25) is 10.1 Å². The van der Waals surface area contributed by atoms with E-state index >= 15 is 0 Å². The smallest absolute Gasteiger partial charge is 0.292 e. The molecule has 0 aliphatic rings. The van der Waals surface area contributed by atoms with E-state index in [0.29, 0.717) is 5.69 Å². The Morgan fingerprint density at radius 1 is 0.719 bits per heavy atom. The van der Waals surface area contributed by atoms with E-state index in [0.717, 1.165) is 49.3 Å². The Hall–Kier alpha value is -4.32. The molecule has 156 valence electrons. The number of anilines is 2. The molecule has 6 heteroatoms. The highest BCUT2D eigenvalue weighted by Crippen LogP contribution is 2.43. The van der Waals surface area contributed by atoms with Crippen molar-refractivity contribution in [3.63, 3.8) is 0 Å². The second kappa shape index (κ2) is 6.59. The first kappa shape index (κ1) is 18.4. The Bertz CT molecular complexity index is 1610. The normalized spacial score (nSPS) is 11.7. The van der Waals surface area contributed by atoms with Gasteiger partial charge in [0.1, 0.15) is 5.69 Å². The van der Waals surface area contributed by atoms with Gasteiger partial charge in [0, 0.05) is 52.7 Å². The van der Waals surface area contributed by atoms with Gasteiger partial charge in [-0.05, 0) is 24.3 Å². The molecule has 32 heavy (non-hydrogen) atoms. The zero-order chi connectivity index (χ0) is 22.0. The molecule has 0 amide bonds. The Morgan fingerprint density at radius 2 is 1.22 bits per heavy atom. The molecule has 0 aliphatic heterocycles. The summed E-state index contributed by atoms with van der Waals surface area (Å²) in [5, 5.41) is 19.7. The average molecular weight is 420 g/mol. The van der Waals surface area contributed by atoms with Gasteiger partial charge in [0.05, 0.1) is 21.6 Å². The van der Waals surface area contributed by atoms with Gasteiger partial charge in [-0.25, -0.2) is 0 Å². The van der Waals surface area contributed by atoms with Crippen molar-refractivity contribution in [3.05, 3.63) is 89.0 Å². The fourth-order valence-corrected chi connectivity index (χ4v) is 4.99. The number of fused-ring (bicyclic) bond motifs is 6. The zero-order valence-corrected chi connectivity index (χ0v) is 17.7. The van der Waals surface area contributed by atoms with Crippen LogP contribution >= 0.6 is 0 Å². The number of hydrogen-bond acceptors (Lipinski definition) is 3. The molecule has 2 aromatic heterocycles. The van der Waals surface area contributed by atoms with Crippen LogP contribution < -0.4 is 5.32 Å². The van der Waals surface area contributed by atoms with E-state index in [4.69, 9.17) is 0 Å². The molecule has 0 fully saturated rings. The molecule has 6 nitrogen and oxygen atoms in total. The van der Waals surface area contributed by atoms with Crippen LogP contribution in [-0.2, 0) is 14.1 Å². The summed E-state index contributed by atoms with van der Waals surface area (Å²) in [5.74, 6) is 0. The Kier molecular flexibility index (Phi) is 3.80. The number of nitrogens with one attached hydrogen (secondary N) is 1. The van der Waals surface area contributed by atoms with Crippen LogP contribution in [0.15, 0.2) is 78.9 Å². The highest BCUT2D eigenvalue weighted by atomic mass is 16.6. The number of rotatable bonds is 3. The first-order valence-electron chi connectivity index (χ1n) is 10.4. The number of benzene rings is 4. The van der Waals surface area contributed by atoms with Crippen LogP contribution in [0.2, 0.25) is 0 Å². The third kappa shape index (κ3) is 2.40. The number of nitrogens with zero attached hydrogens (tertiary/aromatic N) is 3. The van der Waals surface area contributed by atoms with Crippen molar-refractivity contribution < 1.29 is 4.92 Å². The van der Waals surface area contributed by atoms with Crippen molar-refractivity contribution >= 4 is 60.7 Å². The maximum absolute atomic E-state index is 11.7. The Labute approximate surface area is 183 Å². The first-order valence-corrected chi connectivity index (χ1v) is 10.4. The number of nitro benzene ring substituents is 1. The topological polar surface area (TPSA) is 65.0 Å². The predicted molar refractivity (Wildman–Crippen MR) is 131 cm³/mol. The average Bonchev–Trinajstić information content (AvgIpc) is 3.26. The lowest BCUT2D eigenvalue weighted by atomic mass is 10.1. The Morgan fingerprint density at radius 3 is 1.78 bits per heavy atom. The van der Waals surface area contributed by atoms with Crippen LogP contribution in [0.1, 0.15) is 0 Å². The highest BCUT2D eigenvalue weighted by molar-refractivity contribution is 6.24. The van der Waals surface area contributed by atoms with Crippen molar-refractivity contribution in [2.75, 3.05) is 5.32 Å². The van der Waals surface area contributed by atoms with Gasteiger partial charge in [0.25, 0.3) is 5.69 Å². The number of nitro groups is 1. The predicted octanol–water partition coefficient (Wildman–Crippen LogP) is 6.63. The molecule has 0 atom stereocenters. The summed E-state index contributed by atoms with van der Waals surface area (Å²) in [6, 6.07) is 25.7. The van der Waals surface area contributed by atoms with E-state index in [1.165, 1.54) is 6.07 Å². The SMILES string of the molecule is Cn1c2ccccc2c2cc3c4ccccc4n(C)c3c(Nc3ccccc3[N+](=O)[O-])c21. The molecule has 0 spiro atoms. The fraction of sp³-hybridized carbons (Fsp3) is 0.0769. The molecular weight excluding hydrogens is 400 g/mol. The van der Waals surface area contributed by atoms with Gasteiger partial charge in [-0.15, -0.1) is 0 Å². The standard InChI is InChI=1S/C26H20N4O2/c1-28-21-12-6-3-9-16(21)18-15-19-17-10-4-7-13-22(17)29(2)26(19)24(25(18)28)27-20-11-5-8-14-23(20)30(31)32/h3-15,27H,1-2H3.